The zero-order chi connectivity index (χ0) is 26.5. The molecule has 0 saturated heterocycles. The third-order valence-corrected chi connectivity index (χ3v) is 7.24. The third kappa shape index (κ3) is 3.71. The fourth-order valence-corrected chi connectivity index (χ4v) is 5.29. The molecule has 2 atom stereocenters. The minimum Gasteiger partial charge on any atom is -0.496 e. The molecule has 10 nitrogen and oxygen atoms in total. The van der Waals surface area contributed by atoms with Crippen molar-refractivity contribution < 1.29 is 23.8 Å². The lowest BCUT2D eigenvalue weighted by molar-refractivity contribution is -0.129. The molecule has 2 aliphatic rings. The smallest absolute Gasteiger partial charge is 0.316 e. The number of aromatic amines is 1. The Morgan fingerprint density at radius 3 is 2.59 bits per heavy atom. The molecule has 0 saturated carbocycles. The van der Waals surface area contributed by atoms with Gasteiger partial charge in [0.15, 0.2) is 5.75 Å². The predicted octanol–water partition coefficient (Wildman–Crippen LogP) is 2.46. The first-order valence-electron chi connectivity index (χ1n) is 11.6. The number of methoxy groups -OCH3 is 2. The van der Waals surface area contributed by atoms with Gasteiger partial charge in [-0.3, -0.25) is 19.2 Å². The molecule has 1 aromatic heterocycles. The Balaban J connectivity index is 1.40. The minimum absolute atomic E-state index is 0.0634. The van der Waals surface area contributed by atoms with Gasteiger partial charge in [-0.1, -0.05) is 30.7 Å². The summed E-state index contributed by atoms with van der Waals surface area (Å²) >= 11 is 6.42. The van der Waals surface area contributed by atoms with Crippen LogP contribution in [0.4, 0.5) is 0 Å². The number of nitrogens with zero attached hydrogens (tertiary/aromatic N) is 1. The highest BCUT2D eigenvalue weighted by atomic mass is 35.5. The van der Waals surface area contributed by atoms with Crippen molar-refractivity contribution in [1.29, 1.82) is 0 Å². The first kappa shape index (κ1) is 24.6. The largest absolute Gasteiger partial charge is 0.496 e. The first-order chi connectivity index (χ1) is 17.7. The molecule has 0 radical (unpaired) electrons. The molecule has 192 valence electrons. The Bertz CT molecular complexity index is 1610. The summed E-state index contributed by atoms with van der Waals surface area (Å²) in [4.78, 5) is 54.1. The van der Waals surface area contributed by atoms with E-state index in [9.17, 15) is 19.2 Å². The monoisotopic (exact) mass is 525 g/mol. The normalized spacial score (nSPS) is 20.5. The Kier molecular flexibility index (Phi) is 6.07. The average Bonchev–Trinajstić information content (AvgIpc) is 3.20. The summed E-state index contributed by atoms with van der Waals surface area (Å²) in [6, 6.07) is 8.50. The maximum Gasteiger partial charge on any atom is 0.316 e. The van der Waals surface area contributed by atoms with Crippen LogP contribution in [0.15, 0.2) is 51.7 Å². The van der Waals surface area contributed by atoms with E-state index >= 15 is 0 Å². The van der Waals surface area contributed by atoms with Crippen LogP contribution in [-0.2, 0) is 11.3 Å². The van der Waals surface area contributed by atoms with Crippen molar-refractivity contribution in [2.75, 3.05) is 20.8 Å². The lowest BCUT2D eigenvalue weighted by Crippen LogP contribution is -2.55. The number of hydrogen-bond donors (Lipinski definition) is 2. The molecule has 37 heavy (non-hydrogen) atoms. The van der Waals surface area contributed by atoms with E-state index in [-0.39, 0.29) is 40.9 Å². The van der Waals surface area contributed by atoms with Gasteiger partial charge < -0.3 is 29.1 Å². The van der Waals surface area contributed by atoms with Gasteiger partial charge in [-0.15, -0.1) is 0 Å². The molecule has 1 aliphatic carbocycles. The number of ether oxygens (including phenoxy) is 3. The number of H-pyrrole nitrogens is 1. The number of carbonyl (C=O) groups is 2. The second-order valence-corrected chi connectivity index (χ2v) is 9.34. The number of Topliss-reactive ketones (excluding diaryl/α,β-unsaturated/α-hetero) is 1. The SMILES string of the molecule is COc1cc(OC)c2c(c1Cl)O[C@@]1(C(=O)C=C(NCCn3c(=O)c(=O)[nH]c4ccccc43)C[C@H]1C)C2=O. The predicted molar refractivity (Wildman–Crippen MR) is 136 cm³/mol. The first-order valence-corrected chi connectivity index (χ1v) is 12.0. The molecule has 1 spiro atoms. The Morgan fingerprint density at radius 2 is 1.89 bits per heavy atom. The Morgan fingerprint density at radius 1 is 1.16 bits per heavy atom. The number of rotatable bonds is 6. The van der Waals surface area contributed by atoms with E-state index in [0.717, 1.165) is 0 Å². The van der Waals surface area contributed by atoms with Crippen molar-refractivity contribution in [3.8, 4) is 17.2 Å². The topological polar surface area (TPSA) is 129 Å². The van der Waals surface area contributed by atoms with Crippen LogP contribution >= 0.6 is 11.6 Å². The van der Waals surface area contributed by atoms with Crippen LogP contribution in [0.5, 0.6) is 17.2 Å². The van der Waals surface area contributed by atoms with Crippen LogP contribution in [0.25, 0.3) is 11.0 Å². The Hall–Kier alpha value is -4.05. The van der Waals surface area contributed by atoms with Crippen molar-refractivity contribution in [2.45, 2.75) is 25.5 Å². The van der Waals surface area contributed by atoms with E-state index in [2.05, 4.69) is 10.3 Å². The number of ketones is 2. The molecule has 3 aromatic rings. The summed E-state index contributed by atoms with van der Waals surface area (Å²) in [5.41, 5.74) is -1.28. The average molecular weight is 526 g/mol. The van der Waals surface area contributed by atoms with Crippen LogP contribution in [0.3, 0.4) is 0 Å². The van der Waals surface area contributed by atoms with Crippen LogP contribution in [0, 0.1) is 5.92 Å². The summed E-state index contributed by atoms with van der Waals surface area (Å²) in [6.45, 7) is 2.22. The fraction of sp³-hybridized carbons (Fsp3) is 0.308. The van der Waals surface area contributed by atoms with E-state index in [4.69, 9.17) is 25.8 Å². The maximum absolute atomic E-state index is 13.6. The van der Waals surface area contributed by atoms with E-state index in [1.165, 1.54) is 30.9 Å². The molecule has 2 aromatic carbocycles. The van der Waals surface area contributed by atoms with Gasteiger partial charge in [0.05, 0.1) is 25.3 Å². The highest BCUT2D eigenvalue weighted by molar-refractivity contribution is 6.36. The van der Waals surface area contributed by atoms with Crippen LogP contribution in [0.2, 0.25) is 5.02 Å². The molecule has 0 bridgehead atoms. The van der Waals surface area contributed by atoms with Crippen LogP contribution in [0.1, 0.15) is 23.7 Å². The number of aromatic nitrogens is 2. The van der Waals surface area contributed by atoms with Gasteiger partial charge in [0, 0.05) is 36.8 Å². The number of para-hydroxylation sites is 2. The standard InChI is InChI=1S/C26H24ClN3O7/c1-13-10-14(28-8-9-30-16-7-5-4-6-15(16)29-24(33)25(30)34)11-19(31)26(13)23(32)20-17(35-2)12-18(36-3)21(27)22(20)37-26/h4-7,11-13,28H,8-10H2,1-3H3,(H,29,33)/t13-,26+/m1/s1. The molecular weight excluding hydrogens is 502 g/mol. The molecule has 0 unspecified atom stereocenters. The maximum atomic E-state index is 13.6. The molecule has 1 aliphatic heterocycles. The minimum atomic E-state index is -1.77. The molecule has 0 fully saturated rings. The van der Waals surface area contributed by atoms with E-state index in [0.29, 0.717) is 23.2 Å². The van der Waals surface area contributed by atoms with E-state index in [1.807, 2.05) is 0 Å². The van der Waals surface area contributed by atoms with Gasteiger partial charge in [-0.05, 0) is 18.6 Å². The zero-order valence-corrected chi connectivity index (χ0v) is 21.1. The summed E-state index contributed by atoms with van der Waals surface area (Å²) in [5, 5.41) is 3.26. The number of benzene rings is 2. The van der Waals surface area contributed by atoms with Gasteiger partial charge in [0.1, 0.15) is 22.1 Å². The van der Waals surface area contributed by atoms with Crippen LogP contribution in [-0.4, -0.2) is 47.5 Å². The molecule has 0 amide bonds. The van der Waals surface area contributed by atoms with Gasteiger partial charge >= 0.3 is 11.1 Å². The van der Waals surface area contributed by atoms with Crippen LogP contribution < -0.4 is 30.6 Å². The highest BCUT2D eigenvalue weighted by Crippen LogP contribution is 2.52. The van der Waals surface area contributed by atoms with Gasteiger partial charge in [0.2, 0.25) is 17.2 Å². The van der Waals surface area contributed by atoms with Gasteiger partial charge in [-0.2, -0.15) is 0 Å². The summed E-state index contributed by atoms with van der Waals surface area (Å²) in [7, 11) is 2.83. The van der Waals surface area contributed by atoms with Gasteiger partial charge in [0.25, 0.3) is 0 Å². The number of halogens is 1. The number of fused-ring (bicyclic) bond motifs is 2. The summed E-state index contributed by atoms with van der Waals surface area (Å²) < 4.78 is 18.1. The molecule has 2 N–H and O–H groups in total. The summed E-state index contributed by atoms with van der Waals surface area (Å²) in [6.07, 6.45) is 1.67. The molecular formula is C26H24ClN3O7. The number of nitrogens with one attached hydrogen (secondary N) is 2. The van der Waals surface area contributed by atoms with E-state index < -0.39 is 34.2 Å². The number of allylic oxidation sites excluding steroid dienone is 1. The molecule has 11 heteroatoms. The zero-order valence-electron chi connectivity index (χ0n) is 20.3. The Labute approximate surface area is 215 Å². The fourth-order valence-electron chi connectivity index (χ4n) is 5.02. The van der Waals surface area contributed by atoms with Gasteiger partial charge in [-0.25, -0.2) is 0 Å². The van der Waals surface area contributed by atoms with Crippen molar-refractivity contribution >= 4 is 34.2 Å². The lowest BCUT2D eigenvalue weighted by atomic mass is 9.74. The van der Waals surface area contributed by atoms with Crippen molar-refractivity contribution in [2.24, 2.45) is 5.92 Å². The quantitative estimate of drug-likeness (QED) is 0.371. The summed E-state index contributed by atoms with van der Waals surface area (Å²) in [5.74, 6) is -1.04. The second kappa shape index (κ2) is 9.11. The van der Waals surface area contributed by atoms with E-state index in [1.54, 1.807) is 31.2 Å². The second-order valence-electron chi connectivity index (χ2n) is 8.96. The number of carbonyl (C=O) groups excluding carboxylic acids is 2. The lowest BCUT2D eigenvalue weighted by Gasteiger charge is -2.35. The highest BCUT2D eigenvalue weighted by Gasteiger charge is 2.60. The number of hydrogen-bond acceptors (Lipinski definition) is 8. The molecule has 2 heterocycles. The third-order valence-electron chi connectivity index (χ3n) is 6.88. The van der Waals surface area contributed by atoms with Crippen molar-refractivity contribution in [3.63, 3.8) is 0 Å². The van der Waals surface area contributed by atoms with Crippen molar-refractivity contribution in [1.82, 2.24) is 14.9 Å². The van der Waals surface area contributed by atoms with Crippen molar-refractivity contribution in [3.05, 3.63) is 73.4 Å². The molecule has 5 rings (SSSR count).